The van der Waals surface area contributed by atoms with Gasteiger partial charge in [0.1, 0.15) is 6.23 Å². The second-order valence-electron chi connectivity index (χ2n) is 4.62. The van der Waals surface area contributed by atoms with Crippen molar-refractivity contribution in [2.24, 2.45) is 0 Å². The number of para-hydroxylation sites is 1. The predicted octanol–water partition coefficient (Wildman–Crippen LogP) is 4.73. The first kappa shape index (κ1) is 14.9. The van der Waals surface area contributed by atoms with E-state index in [4.69, 9.17) is 16.3 Å². The molecule has 106 valence electrons. The maximum atomic E-state index is 6.14. The highest BCUT2D eigenvalue weighted by atomic mass is 35.5. The molecule has 2 aromatic rings. The molecule has 0 aliphatic heterocycles. The molecule has 0 fully saturated rings. The van der Waals surface area contributed by atoms with Crippen molar-refractivity contribution in [2.45, 2.75) is 26.7 Å². The molecule has 0 spiro atoms. The van der Waals surface area contributed by atoms with Crippen molar-refractivity contribution in [3.05, 3.63) is 65.2 Å². The first-order chi connectivity index (χ1) is 9.72. The van der Waals surface area contributed by atoms with E-state index in [-0.39, 0.29) is 6.23 Å². The van der Waals surface area contributed by atoms with E-state index >= 15 is 0 Å². The van der Waals surface area contributed by atoms with Gasteiger partial charge in [-0.2, -0.15) is 0 Å². The molecule has 0 saturated carbocycles. The van der Waals surface area contributed by atoms with E-state index in [1.807, 2.05) is 42.5 Å². The van der Waals surface area contributed by atoms with Crippen molar-refractivity contribution in [3.8, 4) is 0 Å². The van der Waals surface area contributed by atoms with Gasteiger partial charge < -0.3 is 9.64 Å². The van der Waals surface area contributed by atoms with Crippen LogP contribution in [0.2, 0.25) is 5.02 Å². The van der Waals surface area contributed by atoms with Gasteiger partial charge in [0, 0.05) is 17.3 Å². The second-order valence-corrected chi connectivity index (χ2v) is 5.03. The summed E-state index contributed by atoms with van der Waals surface area (Å²) in [5, 5.41) is 0.752. The van der Waals surface area contributed by atoms with Crippen molar-refractivity contribution in [2.75, 3.05) is 11.4 Å². The van der Waals surface area contributed by atoms with Crippen molar-refractivity contribution < 1.29 is 4.74 Å². The van der Waals surface area contributed by atoms with E-state index in [0.717, 1.165) is 17.1 Å². The zero-order valence-corrected chi connectivity index (χ0v) is 12.7. The van der Waals surface area contributed by atoms with Crippen LogP contribution in [0.25, 0.3) is 0 Å². The van der Waals surface area contributed by atoms with Gasteiger partial charge in [-0.15, -0.1) is 0 Å². The molecule has 0 saturated heterocycles. The molecule has 1 unspecified atom stereocenters. The Balaban J connectivity index is 2.00. The third-order valence-electron chi connectivity index (χ3n) is 3.31. The van der Waals surface area contributed by atoms with E-state index in [2.05, 4.69) is 30.9 Å². The van der Waals surface area contributed by atoms with Crippen LogP contribution in [0.15, 0.2) is 54.6 Å². The first-order valence-corrected chi connectivity index (χ1v) is 7.27. The maximum Gasteiger partial charge on any atom is 0.127 e. The number of rotatable bonds is 6. The highest BCUT2D eigenvalue weighted by Gasteiger charge is 2.13. The zero-order valence-electron chi connectivity index (χ0n) is 11.9. The highest BCUT2D eigenvalue weighted by Crippen LogP contribution is 2.20. The van der Waals surface area contributed by atoms with Crippen LogP contribution >= 0.6 is 11.6 Å². The molecule has 2 nitrogen and oxygen atoms in total. The molecule has 1 atom stereocenters. The summed E-state index contributed by atoms with van der Waals surface area (Å²) in [6.45, 7) is 5.60. The molecular weight excluding hydrogens is 270 g/mol. The summed E-state index contributed by atoms with van der Waals surface area (Å²) in [5.74, 6) is 0. The van der Waals surface area contributed by atoms with E-state index in [9.17, 15) is 0 Å². The molecule has 0 aliphatic carbocycles. The van der Waals surface area contributed by atoms with Crippen LogP contribution in [-0.4, -0.2) is 12.8 Å². The van der Waals surface area contributed by atoms with Crippen molar-refractivity contribution in [1.29, 1.82) is 0 Å². The van der Waals surface area contributed by atoms with Gasteiger partial charge in [0.25, 0.3) is 0 Å². The molecule has 0 amide bonds. The van der Waals surface area contributed by atoms with Crippen LogP contribution in [0.4, 0.5) is 5.69 Å². The van der Waals surface area contributed by atoms with Crippen molar-refractivity contribution in [1.82, 2.24) is 0 Å². The molecule has 2 aromatic carbocycles. The summed E-state index contributed by atoms with van der Waals surface area (Å²) in [4.78, 5) is 2.22. The average molecular weight is 290 g/mol. The first-order valence-electron chi connectivity index (χ1n) is 6.89. The summed E-state index contributed by atoms with van der Waals surface area (Å²) >= 11 is 6.14. The van der Waals surface area contributed by atoms with Gasteiger partial charge in [0.15, 0.2) is 0 Å². The minimum Gasteiger partial charge on any atom is -0.354 e. The van der Waals surface area contributed by atoms with Gasteiger partial charge in [-0.25, -0.2) is 0 Å². The van der Waals surface area contributed by atoms with Gasteiger partial charge in [0.2, 0.25) is 0 Å². The summed E-state index contributed by atoms with van der Waals surface area (Å²) < 4.78 is 5.96. The highest BCUT2D eigenvalue weighted by molar-refractivity contribution is 6.31. The van der Waals surface area contributed by atoms with Gasteiger partial charge >= 0.3 is 0 Å². The third kappa shape index (κ3) is 3.75. The molecule has 0 heterocycles. The third-order valence-corrected chi connectivity index (χ3v) is 3.67. The molecule has 0 N–H and O–H groups in total. The fourth-order valence-electron chi connectivity index (χ4n) is 2.18. The standard InChI is InChI=1S/C17H20ClNO/c1-3-19(16-10-5-4-6-11-16)14(2)20-13-15-9-7-8-12-17(15)18/h4-12,14H,3,13H2,1-2H3. The molecule has 0 aliphatic rings. The minimum absolute atomic E-state index is 0.00123. The number of anilines is 1. The Morgan fingerprint density at radius 3 is 2.35 bits per heavy atom. The lowest BCUT2D eigenvalue weighted by Crippen LogP contribution is -2.34. The van der Waals surface area contributed by atoms with Crippen LogP contribution in [0.3, 0.4) is 0 Å². The number of hydrogen-bond acceptors (Lipinski definition) is 2. The van der Waals surface area contributed by atoms with Crippen LogP contribution in [-0.2, 0) is 11.3 Å². The topological polar surface area (TPSA) is 12.5 Å². The van der Waals surface area contributed by atoms with Gasteiger partial charge in [-0.1, -0.05) is 48.0 Å². The zero-order chi connectivity index (χ0) is 14.4. The second kappa shape index (κ2) is 7.32. The Kier molecular flexibility index (Phi) is 5.45. The van der Waals surface area contributed by atoms with Crippen molar-refractivity contribution >= 4 is 17.3 Å². The molecular formula is C17H20ClNO. The summed E-state index contributed by atoms with van der Waals surface area (Å²) in [6.07, 6.45) is -0.00123. The van der Waals surface area contributed by atoms with E-state index in [1.54, 1.807) is 0 Å². The Morgan fingerprint density at radius 1 is 1.05 bits per heavy atom. The average Bonchev–Trinajstić information content (AvgIpc) is 2.48. The van der Waals surface area contributed by atoms with E-state index < -0.39 is 0 Å². The Morgan fingerprint density at radius 2 is 1.70 bits per heavy atom. The Labute approximate surface area is 125 Å². The van der Waals surface area contributed by atoms with Crippen LogP contribution in [0.5, 0.6) is 0 Å². The van der Waals surface area contributed by atoms with Crippen molar-refractivity contribution in [3.63, 3.8) is 0 Å². The van der Waals surface area contributed by atoms with Gasteiger partial charge in [-0.3, -0.25) is 0 Å². The molecule has 3 heteroatoms. The Bertz CT molecular complexity index is 530. The minimum atomic E-state index is -0.00123. The molecule has 0 radical (unpaired) electrons. The molecule has 2 rings (SSSR count). The quantitative estimate of drug-likeness (QED) is 0.713. The summed E-state index contributed by atoms with van der Waals surface area (Å²) in [6, 6.07) is 18.1. The number of halogens is 1. The fraction of sp³-hybridized carbons (Fsp3) is 0.294. The maximum absolute atomic E-state index is 6.14. The molecule has 0 bridgehead atoms. The lowest BCUT2D eigenvalue weighted by Gasteiger charge is -2.30. The largest absolute Gasteiger partial charge is 0.354 e. The van der Waals surface area contributed by atoms with Gasteiger partial charge in [0.05, 0.1) is 6.61 Å². The van der Waals surface area contributed by atoms with E-state index in [0.29, 0.717) is 6.61 Å². The SMILES string of the molecule is CCN(c1ccccc1)C(C)OCc1ccccc1Cl. The molecule has 20 heavy (non-hydrogen) atoms. The van der Waals surface area contributed by atoms with Crippen LogP contribution in [0.1, 0.15) is 19.4 Å². The fourth-order valence-corrected chi connectivity index (χ4v) is 2.38. The number of benzene rings is 2. The predicted molar refractivity (Wildman–Crippen MR) is 85.2 cm³/mol. The lowest BCUT2D eigenvalue weighted by atomic mass is 10.2. The summed E-state index contributed by atoms with van der Waals surface area (Å²) in [5.41, 5.74) is 2.19. The lowest BCUT2D eigenvalue weighted by molar-refractivity contribution is 0.0513. The van der Waals surface area contributed by atoms with E-state index in [1.165, 1.54) is 5.69 Å². The monoisotopic (exact) mass is 289 g/mol. The van der Waals surface area contributed by atoms with Gasteiger partial charge in [-0.05, 0) is 37.6 Å². The molecule has 0 aromatic heterocycles. The summed E-state index contributed by atoms with van der Waals surface area (Å²) in [7, 11) is 0. The number of nitrogens with zero attached hydrogens (tertiary/aromatic N) is 1. The Hall–Kier alpha value is -1.51. The normalized spacial score (nSPS) is 12.2. The number of hydrogen-bond donors (Lipinski definition) is 0. The van der Waals surface area contributed by atoms with Crippen LogP contribution in [0, 0.1) is 0 Å². The number of ether oxygens (including phenoxy) is 1. The van der Waals surface area contributed by atoms with Crippen LogP contribution < -0.4 is 4.90 Å². The smallest absolute Gasteiger partial charge is 0.127 e.